The van der Waals surface area contributed by atoms with E-state index in [2.05, 4.69) is 32.3 Å². The number of H-pyrrole nitrogens is 1. The molecule has 1 aromatic heterocycles. The summed E-state index contributed by atoms with van der Waals surface area (Å²) in [6.45, 7) is 3.27. The van der Waals surface area contributed by atoms with Gasteiger partial charge in [0, 0.05) is 19.0 Å². The first-order valence-corrected chi connectivity index (χ1v) is 11.6. The van der Waals surface area contributed by atoms with Gasteiger partial charge in [0.25, 0.3) is 11.8 Å². The normalized spacial score (nSPS) is 15.0. The number of hydrogen-bond donors (Lipinski definition) is 2. The molecule has 2 N–H and O–H groups in total. The molecule has 4 rings (SSSR count). The number of likely N-dealkylation sites (N-methyl/N-ethyl adjacent to an activating group) is 1. The molecule has 1 unspecified atom stereocenters. The fraction of sp³-hybridized carbons (Fsp3) is 0.296. The lowest BCUT2D eigenvalue weighted by Gasteiger charge is -2.20. The van der Waals surface area contributed by atoms with Crippen LogP contribution in [0.2, 0.25) is 0 Å². The van der Waals surface area contributed by atoms with Gasteiger partial charge in [-0.25, -0.2) is 4.98 Å². The summed E-state index contributed by atoms with van der Waals surface area (Å²) in [6, 6.07) is 13.8. The number of esters is 1. The van der Waals surface area contributed by atoms with Crippen LogP contribution < -0.4 is 15.0 Å². The van der Waals surface area contributed by atoms with Crippen LogP contribution in [-0.4, -0.2) is 59.8 Å². The molecule has 3 aromatic rings. The third-order valence-corrected chi connectivity index (χ3v) is 5.82. The Balaban J connectivity index is 1.46. The van der Waals surface area contributed by atoms with Gasteiger partial charge >= 0.3 is 5.97 Å². The van der Waals surface area contributed by atoms with Gasteiger partial charge in [-0.05, 0) is 37.6 Å². The zero-order valence-electron chi connectivity index (χ0n) is 21.0. The van der Waals surface area contributed by atoms with Gasteiger partial charge in [0.1, 0.15) is 29.6 Å². The van der Waals surface area contributed by atoms with E-state index in [9.17, 15) is 14.4 Å². The predicted octanol–water partition coefficient (Wildman–Crippen LogP) is 2.10. The van der Waals surface area contributed by atoms with Crippen molar-refractivity contribution in [3.05, 3.63) is 71.3 Å². The SMILES string of the molecule is COC(=O)C(C)(C)C#Cc1ccc2c(c1)N(C)C(=O)C(NC(=O)c1n[nH]c(Cc3ccccc3)n1)CO2. The van der Waals surface area contributed by atoms with Crippen LogP contribution in [0, 0.1) is 17.3 Å². The Labute approximate surface area is 214 Å². The van der Waals surface area contributed by atoms with E-state index in [0.29, 0.717) is 29.2 Å². The number of nitrogens with zero attached hydrogens (tertiary/aromatic N) is 3. The fourth-order valence-corrected chi connectivity index (χ4v) is 3.70. The van der Waals surface area contributed by atoms with Gasteiger partial charge in [0.05, 0.1) is 12.8 Å². The smallest absolute Gasteiger partial charge is 0.323 e. The van der Waals surface area contributed by atoms with E-state index in [1.165, 1.54) is 12.0 Å². The monoisotopic (exact) mass is 501 g/mol. The zero-order valence-corrected chi connectivity index (χ0v) is 21.0. The third-order valence-electron chi connectivity index (χ3n) is 5.82. The molecule has 10 heteroatoms. The lowest BCUT2D eigenvalue weighted by Crippen LogP contribution is -2.49. The largest absolute Gasteiger partial charge is 0.489 e. The Bertz CT molecular complexity index is 1390. The molecule has 1 atom stereocenters. The van der Waals surface area contributed by atoms with Crippen molar-refractivity contribution in [1.82, 2.24) is 20.5 Å². The van der Waals surface area contributed by atoms with E-state index in [4.69, 9.17) is 9.47 Å². The number of carbonyl (C=O) groups is 3. The minimum atomic E-state index is -0.990. The maximum absolute atomic E-state index is 13.2. The van der Waals surface area contributed by atoms with Gasteiger partial charge < -0.3 is 19.7 Å². The number of methoxy groups -OCH3 is 1. The van der Waals surface area contributed by atoms with Crippen LogP contribution in [0.4, 0.5) is 5.69 Å². The molecule has 0 radical (unpaired) electrons. The summed E-state index contributed by atoms with van der Waals surface area (Å²) in [5.74, 6) is 5.40. The Kier molecular flexibility index (Phi) is 7.25. The van der Waals surface area contributed by atoms with Gasteiger partial charge in [-0.3, -0.25) is 19.5 Å². The van der Waals surface area contributed by atoms with E-state index >= 15 is 0 Å². The van der Waals surface area contributed by atoms with Crippen molar-refractivity contribution in [3.8, 4) is 17.6 Å². The number of nitrogens with one attached hydrogen (secondary N) is 2. The molecule has 0 saturated heterocycles. The molecule has 2 aromatic carbocycles. The third kappa shape index (κ3) is 5.78. The highest BCUT2D eigenvalue weighted by Crippen LogP contribution is 2.31. The van der Waals surface area contributed by atoms with E-state index < -0.39 is 23.3 Å². The molecular formula is C27H27N5O5. The first kappa shape index (κ1) is 25.4. The van der Waals surface area contributed by atoms with Gasteiger partial charge in [-0.15, -0.1) is 5.10 Å². The minimum Gasteiger partial charge on any atom is -0.489 e. The summed E-state index contributed by atoms with van der Waals surface area (Å²) in [7, 11) is 2.91. The average Bonchev–Trinajstić information content (AvgIpc) is 3.33. The second kappa shape index (κ2) is 10.5. The molecule has 2 heterocycles. The highest BCUT2D eigenvalue weighted by Gasteiger charge is 2.32. The standard InChI is InChI=1S/C27H27N5O5/c1-27(2,26(35)36-4)13-12-18-10-11-21-20(14-18)32(3)25(34)19(16-37-21)28-24(33)23-29-22(30-31-23)15-17-8-6-5-7-9-17/h5-11,14,19H,15-16H2,1-4H3,(H,28,33)(H,29,30,31). The number of amides is 2. The Morgan fingerprint density at radius 1 is 1.24 bits per heavy atom. The first-order valence-electron chi connectivity index (χ1n) is 11.6. The second-order valence-corrected chi connectivity index (χ2v) is 9.05. The van der Waals surface area contributed by atoms with Crippen molar-refractivity contribution < 1.29 is 23.9 Å². The zero-order chi connectivity index (χ0) is 26.6. The molecule has 2 amide bonds. The molecule has 10 nitrogen and oxygen atoms in total. The van der Waals surface area contributed by atoms with Crippen LogP contribution >= 0.6 is 0 Å². The van der Waals surface area contributed by atoms with Crippen molar-refractivity contribution in [2.45, 2.75) is 26.3 Å². The Morgan fingerprint density at radius 2 is 2.00 bits per heavy atom. The van der Waals surface area contributed by atoms with Gasteiger partial charge in [0.2, 0.25) is 5.82 Å². The van der Waals surface area contributed by atoms with Gasteiger partial charge in [-0.2, -0.15) is 0 Å². The topological polar surface area (TPSA) is 127 Å². The summed E-state index contributed by atoms with van der Waals surface area (Å²) in [5, 5.41) is 9.43. The van der Waals surface area contributed by atoms with Crippen molar-refractivity contribution in [2.75, 3.05) is 25.7 Å². The summed E-state index contributed by atoms with van der Waals surface area (Å²) in [4.78, 5) is 43.5. The molecule has 0 saturated carbocycles. The van der Waals surface area contributed by atoms with Gasteiger partial charge in [-0.1, -0.05) is 42.2 Å². The van der Waals surface area contributed by atoms with E-state index in [-0.39, 0.29) is 18.3 Å². The number of rotatable bonds is 5. The van der Waals surface area contributed by atoms with E-state index in [1.807, 2.05) is 30.3 Å². The van der Waals surface area contributed by atoms with Crippen LogP contribution in [0.15, 0.2) is 48.5 Å². The molecular weight excluding hydrogens is 474 g/mol. The highest BCUT2D eigenvalue weighted by molar-refractivity contribution is 6.02. The van der Waals surface area contributed by atoms with Gasteiger partial charge in [0.15, 0.2) is 0 Å². The highest BCUT2D eigenvalue weighted by atomic mass is 16.5. The van der Waals surface area contributed by atoms with Crippen molar-refractivity contribution in [3.63, 3.8) is 0 Å². The van der Waals surface area contributed by atoms with Crippen LogP contribution in [0.1, 0.15) is 41.4 Å². The second-order valence-electron chi connectivity index (χ2n) is 9.05. The van der Waals surface area contributed by atoms with Crippen molar-refractivity contribution in [1.29, 1.82) is 0 Å². The van der Waals surface area contributed by atoms with Crippen LogP contribution in [0.3, 0.4) is 0 Å². The van der Waals surface area contributed by atoms with Crippen molar-refractivity contribution >= 4 is 23.5 Å². The number of carbonyl (C=O) groups excluding carboxylic acids is 3. The van der Waals surface area contributed by atoms with E-state index in [1.54, 1.807) is 39.1 Å². The molecule has 0 spiro atoms. The minimum absolute atomic E-state index is 0.0612. The molecule has 37 heavy (non-hydrogen) atoms. The molecule has 1 aliphatic rings. The van der Waals surface area contributed by atoms with Crippen LogP contribution in [-0.2, 0) is 20.7 Å². The van der Waals surface area contributed by atoms with Crippen molar-refractivity contribution in [2.24, 2.45) is 5.41 Å². The molecule has 0 bridgehead atoms. The molecule has 0 fully saturated rings. The lowest BCUT2D eigenvalue weighted by molar-refractivity contribution is -0.147. The Hall–Kier alpha value is -4.65. The molecule has 1 aliphatic heterocycles. The molecule has 0 aliphatic carbocycles. The number of aromatic nitrogens is 3. The number of anilines is 1. The summed E-state index contributed by atoms with van der Waals surface area (Å²) in [5.41, 5.74) is 1.12. The van der Waals surface area contributed by atoms with E-state index in [0.717, 1.165) is 5.56 Å². The number of fused-ring (bicyclic) bond motifs is 1. The number of benzene rings is 2. The van der Waals surface area contributed by atoms with Crippen LogP contribution in [0.5, 0.6) is 5.75 Å². The quantitative estimate of drug-likeness (QED) is 0.405. The fourth-order valence-electron chi connectivity index (χ4n) is 3.70. The number of hydrogen-bond acceptors (Lipinski definition) is 7. The Morgan fingerprint density at radius 3 is 2.73 bits per heavy atom. The maximum Gasteiger partial charge on any atom is 0.323 e. The molecule has 190 valence electrons. The first-order chi connectivity index (χ1) is 17.7. The number of aromatic amines is 1. The van der Waals surface area contributed by atoms with Crippen LogP contribution in [0.25, 0.3) is 0 Å². The summed E-state index contributed by atoms with van der Waals surface area (Å²) in [6.07, 6.45) is 0.493. The summed E-state index contributed by atoms with van der Waals surface area (Å²) < 4.78 is 10.6. The lowest BCUT2D eigenvalue weighted by atomic mass is 9.94. The number of ether oxygens (including phenoxy) is 2. The maximum atomic E-state index is 13.2. The average molecular weight is 502 g/mol. The predicted molar refractivity (Wildman–Crippen MR) is 135 cm³/mol. The summed E-state index contributed by atoms with van der Waals surface area (Å²) >= 11 is 0.